The molecule has 0 saturated carbocycles. The topological polar surface area (TPSA) is 188 Å². The number of H-pyrrole nitrogens is 2. The highest BCUT2D eigenvalue weighted by atomic mass is 16.6. The number of carbonyl (C=O) groups excluding carboxylic acids is 1. The van der Waals surface area contributed by atoms with Gasteiger partial charge in [-0.1, -0.05) is 39.8 Å². The van der Waals surface area contributed by atoms with Crippen LogP contribution in [0.15, 0.2) is 73.1 Å². The fraction of sp³-hybridized carbons (Fsp3) is 0.408. The number of nitrogens with two attached hydrogens (primary N) is 1. The molecule has 0 aliphatic rings. The van der Waals surface area contributed by atoms with E-state index in [1.54, 1.807) is 12.4 Å². The van der Waals surface area contributed by atoms with Gasteiger partial charge in [-0.25, -0.2) is 14.8 Å². The second-order valence-corrected chi connectivity index (χ2v) is 18.4. The summed E-state index contributed by atoms with van der Waals surface area (Å²) in [4.78, 5) is 27.7. The van der Waals surface area contributed by atoms with E-state index < -0.39 is 22.8 Å². The van der Waals surface area contributed by atoms with Gasteiger partial charge < -0.3 is 35.2 Å². The predicted molar refractivity (Wildman–Crippen MR) is 242 cm³/mol. The molecular formula is C49H60N8O4. The lowest BCUT2D eigenvalue weighted by molar-refractivity contribution is 0.0408. The van der Waals surface area contributed by atoms with Gasteiger partial charge in [-0.05, 0) is 144 Å². The molecule has 4 heterocycles. The fourth-order valence-electron chi connectivity index (χ4n) is 7.71. The summed E-state index contributed by atoms with van der Waals surface area (Å²) in [5, 5.41) is 24.4. The van der Waals surface area contributed by atoms with Crippen LogP contribution in [-0.2, 0) is 4.74 Å². The summed E-state index contributed by atoms with van der Waals surface area (Å²) in [5.41, 5.74) is 13.2. The minimum absolute atomic E-state index is 0.203. The number of aromatic nitrogens is 4. The standard InChI is InChI=1S/C27H34N4O3.C22H26N4O/c1-17(2)14-27(7,31-25(32)34-26(4,5)6)16-33-23-9-8-19(13-20(23)15-28)21-10-11-29-24-22(21)12-18(3)30-24;1-14(2)11-22(4,24)13-27-20-6-5-16(10-17(20)12-23)18-7-8-25-21-19(18)9-15(3)26-21/h8-13,17H,14,16H2,1-7H3,(H,29,30)(H,31,32);5-10,14H,11,13,24H2,1-4H3,(H,25,26)/t27-;22-/m00/s1. The predicted octanol–water partition coefficient (Wildman–Crippen LogP) is 10.7. The third-order valence-electron chi connectivity index (χ3n) is 9.79. The van der Waals surface area contributed by atoms with Gasteiger partial charge in [0.25, 0.3) is 0 Å². The minimum Gasteiger partial charge on any atom is -0.490 e. The van der Waals surface area contributed by atoms with Gasteiger partial charge >= 0.3 is 6.09 Å². The Morgan fingerprint density at radius 1 is 0.721 bits per heavy atom. The average molecular weight is 825 g/mol. The largest absolute Gasteiger partial charge is 0.490 e. The minimum atomic E-state index is -0.665. The van der Waals surface area contributed by atoms with E-state index in [4.69, 9.17) is 19.9 Å². The number of aromatic amines is 2. The number of amides is 1. The van der Waals surface area contributed by atoms with Crippen LogP contribution in [0.25, 0.3) is 44.3 Å². The van der Waals surface area contributed by atoms with Crippen LogP contribution in [0, 0.1) is 48.3 Å². The maximum atomic E-state index is 12.5. The van der Waals surface area contributed by atoms with Crippen molar-refractivity contribution < 1.29 is 19.0 Å². The number of rotatable bonds is 13. The Balaban J connectivity index is 0.000000237. The highest BCUT2D eigenvalue weighted by Crippen LogP contribution is 2.34. The molecule has 0 aliphatic heterocycles. The number of benzene rings is 2. The Bertz CT molecular complexity index is 2570. The van der Waals surface area contributed by atoms with Crippen LogP contribution in [0.2, 0.25) is 0 Å². The zero-order valence-electron chi connectivity index (χ0n) is 37.4. The first-order chi connectivity index (χ1) is 28.7. The van der Waals surface area contributed by atoms with Crippen LogP contribution in [0.1, 0.15) is 97.7 Å². The Kier molecular flexibility index (Phi) is 14.2. The van der Waals surface area contributed by atoms with Crippen molar-refractivity contribution >= 4 is 28.2 Å². The van der Waals surface area contributed by atoms with Gasteiger partial charge in [0.1, 0.15) is 53.7 Å². The van der Waals surface area contributed by atoms with Crippen molar-refractivity contribution in [1.29, 1.82) is 10.5 Å². The maximum absolute atomic E-state index is 12.5. The number of alkyl carbamates (subject to hydrolysis) is 1. The van der Waals surface area contributed by atoms with E-state index in [1.165, 1.54) is 0 Å². The number of fused-ring (bicyclic) bond motifs is 2. The molecule has 0 radical (unpaired) electrons. The summed E-state index contributed by atoms with van der Waals surface area (Å²) in [6.07, 6.45) is 4.58. The van der Waals surface area contributed by atoms with Gasteiger partial charge in [0.05, 0.1) is 16.7 Å². The molecule has 0 saturated heterocycles. The van der Waals surface area contributed by atoms with E-state index in [0.29, 0.717) is 47.5 Å². The lowest BCUT2D eigenvalue weighted by Gasteiger charge is -2.33. The number of aryl methyl sites for hydroxylation is 2. The van der Waals surface area contributed by atoms with E-state index in [0.717, 1.165) is 62.1 Å². The highest BCUT2D eigenvalue weighted by molar-refractivity contribution is 5.94. The van der Waals surface area contributed by atoms with E-state index in [2.05, 4.69) is 71.2 Å². The van der Waals surface area contributed by atoms with Gasteiger partial charge in [0.2, 0.25) is 0 Å². The highest BCUT2D eigenvalue weighted by Gasteiger charge is 2.31. The van der Waals surface area contributed by atoms with Crippen LogP contribution in [-0.4, -0.2) is 55.9 Å². The molecule has 0 fully saturated rings. The molecule has 0 unspecified atom stereocenters. The number of pyridine rings is 2. The quantitative estimate of drug-likeness (QED) is 0.0878. The number of nitrogens with zero attached hydrogens (tertiary/aromatic N) is 4. The number of nitrogens with one attached hydrogen (secondary N) is 3. The third kappa shape index (κ3) is 12.3. The summed E-state index contributed by atoms with van der Waals surface area (Å²) in [6.45, 7) is 22.4. The number of nitriles is 2. The summed E-state index contributed by atoms with van der Waals surface area (Å²) in [5.74, 6) is 1.85. The van der Waals surface area contributed by atoms with Gasteiger partial charge in [-0.2, -0.15) is 10.5 Å². The van der Waals surface area contributed by atoms with Crippen LogP contribution < -0.4 is 20.5 Å². The van der Waals surface area contributed by atoms with Crippen molar-refractivity contribution in [2.75, 3.05) is 13.2 Å². The molecule has 12 heteroatoms. The molecule has 61 heavy (non-hydrogen) atoms. The van der Waals surface area contributed by atoms with Crippen molar-refractivity contribution in [2.45, 2.75) is 106 Å². The zero-order valence-corrected chi connectivity index (χ0v) is 37.4. The normalized spacial score (nSPS) is 13.4. The summed E-state index contributed by atoms with van der Waals surface area (Å²) < 4.78 is 17.5. The first kappa shape index (κ1) is 45.7. The zero-order chi connectivity index (χ0) is 44.7. The van der Waals surface area contributed by atoms with E-state index in [1.807, 2.05) is 103 Å². The second-order valence-electron chi connectivity index (χ2n) is 18.4. The molecule has 4 aromatic heterocycles. The van der Waals surface area contributed by atoms with Gasteiger partial charge in [0, 0.05) is 40.1 Å². The average Bonchev–Trinajstić information content (AvgIpc) is 3.75. The molecule has 0 aliphatic carbocycles. The monoisotopic (exact) mass is 824 g/mol. The fourth-order valence-corrected chi connectivity index (χ4v) is 7.71. The van der Waals surface area contributed by atoms with Gasteiger partial charge in [0.15, 0.2) is 0 Å². The van der Waals surface area contributed by atoms with E-state index >= 15 is 0 Å². The molecule has 320 valence electrons. The Labute approximate surface area is 359 Å². The molecule has 0 spiro atoms. The van der Waals surface area contributed by atoms with Crippen molar-refractivity contribution in [3.63, 3.8) is 0 Å². The number of carbonyl (C=O) groups is 1. The molecule has 6 rings (SSSR count). The molecule has 0 bridgehead atoms. The van der Waals surface area contributed by atoms with Crippen molar-refractivity contribution in [1.82, 2.24) is 25.3 Å². The Morgan fingerprint density at radius 3 is 1.61 bits per heavy atom. The number of ether oxygens (including phenoxy) is 3. The lowest BCUT2D eigenvalue weighted by Crippen LogP contribution is -2.52. The van der Waals surface area contributed by atoms with Crippen LogP contribution >= 0.6 is 0 Å². The SMILES string of the molecule is Cc1cc2c(-c3ccc(OC[C@@](C)(N)CC(C)C)c(C#N)c3)ccnc2[nH]1.Cc1cc2c(-c3ccc(OC[C@](C)(CC(C)C)NC(=O)OC(C)(C)C)c(C#N)c3)ccnc2[nH]1. The molecule has 2 aromatic carbocycles. The van der Waals surface area contributed by atoms with Gasteiger partial charge in [-0.3, -0.25) is 0 Å². The molecule has 6 aromatic rings. The number of hydrogen-bond donors (Lipinski definition) is 4. The van der Waals surface area contributed by atoms with Crippen molar-refractivity contribution in [3.05, 3.63) is 95.6 Å². The summed E-state index contributed by atoms with van der Waals surface area (Å²) in [7, 11) is 0. The second kappa shape index (κ2) is 18.9. The lowest BCUT2D eigenvalue weighted by atomic mass is 9.91. The molecular weight excluding hydrogens is 765 g/mol. The van der Waals surface area contributed by atoms with E-state index in [9.17, 15) is 15.3 Å². The van der Waals surface area contributed by atoms with E-state index in [-0.39, 0.29) is 6.61 Å². The molecule has 5 N–H and O–H groups in total. The summed E-state index contributed by atoms with van der Waals surface area (Å²) in [6, 6.07) is 23.8. The molecule has 12 nitrogen and oxygen atoms in total. The van der Waals surface area contributed by atoms with Crippen LogP contribution in [0.4, 0.5) is 4.79 Å². The molecule has 1 amide bonds. The van der Waals surface area contributed by atoms with Crippen LogP contribution in [0.3, 0.4) is 0 Å². The van der Waals surface area contributed by atoms with Crippen molar-refractivity contribution in [3.8, 4) is 45.9 Å². The molecule has 2 atom stereocenters. The Morgan fingerprint density at radius 2 is 1.18 bits per heavy atom. The van der Waals surface area contributed by atoms with Crippen LogP contribution in [0.5, 0.6) is 11.5 Å². The van der Waals surface area contributed by atoms with Gasteiger partial charge in [-0.15, -0.1) is 0 Å². The third-order valence-corrected chi connectivity index (χ3v) is 9.79. The summed E-state index contributed by atoms with van der Waals surface area (Å²) >= 11 is 0. The number of hydrogen-bond acceptors (Lipinski definition) is 9. The van der Waals surface area contributed by atoms with Crippen molar-refractivity contribution in [2.24, 2.45) is 17.6 Å². The Hall–Kier alpha value is -6.37. The smallest absolute Gasteiger partial charge is 0.408 e. The first-order valence-corrected chi connectivity index (χ1v) is 20.7. The maximum Gasteiger partial charge on any atom is 0.408 e. The first-order valence-electron chi connectivity index (χ1n) is 20.7.